The van der Waals surface area contributed by atoms with Gasteiger partial charge in [0.1, 0.15) is 0 Å². The van der Waals surface area contributed by atoms with E-state index in [0.717, 1.165) is 6.42 Å². The molecule has 2 aromatic heterocycles. The average molecular weight is 249 g/mol. The fraction of sp³-hybridized carbons (Fsp3) is 0.455. The zero-order chi connectivity index (χ0) is 12.8. The molecular weight excluding hydrogens is 234 g/mol. The summed E-state index contributed by atoms with van der Waals surface area (Å²) in [5, 5.41) is 6.77. The normalized spacial score (nSPS) is 10.3. The number of hydrogen-bond acceptors (Lipinski definition) is 7. The number of aryl methyl sites for hydroxylation is 1. The summed E-state index contributed by atoms with van der Waals surface area (Å²) in [4.78, 5) is 12.4. The van der Waals surface area contributed by atoms with Gasteiger partial charge in [0.25, 0.3) is 0 Å². The second kappa shape index (κ2) is 5.95. The number of nitrogens with zero attached hydrogens (tertiary/aromatic N) is 4. The average Bonchev–Trinajstić information content (AvgIpc) is 2.80. The lowest BCUT2D eigenvalue weighted by Gasteiger charge is -2.05. The fourth-order valence-electron chi connectivity index (χ4n) is 1.29. The van der Waals surface area contributed by atoms with Crippen molar-refractivity contribution in [3.63, 3.8) is 0 Å². The molecule has 96 valence electrons. The molecule has 18 heavy (non-hydrogen) atoms. The molecule has 0 bridgehead atoms. The molecule has 0 aliphatic rings. The second-order valence-electron chi connectivity index (χ2n) is 3.65. The van der Waals surface area contributed by atoms with E-state index in [1.807, 2.05) is 6.92 Å². The molecule has 0 radical (unpaired) electrons. The maximum atomic E-state index is 5.41. The Morgan fingerprint density at radius 1 is 1.39 bits per heavy atom. The third-order valence-corrected chi connectivity index (χ3v) is 2.06. The van der Waals surface area contributed by atoms with Crippen LogP contribution in [0.15, 0.2) is 16.8 Å². The van der Waals surface area contributed by atoms with Gasteiger partial charge in [0.2, 0.25) is 17.7 Å². The molecule has 0 aliphatic heterocycles. The maximum Gasteiger partial charge on any atom is 0.226 e. The van der Waals surface area contributed by atoms with Crippen LogP contribution in [0.4, 0.5) is 5.95 Å². The Balaban J connectivity index is 1.92. The molecule has 0 aliphatic carbocycles. The summed E-state index contributed by atoms with van der Waals surface area (Å²) in [6.45, 7) is 4.83. The van der Waals surface area contributed by atoms with Crippen LogP contribution in [-0.2, 0) is 6.54 Å². The number of rotatable bonds is 6. The highest BCUT2D eigenvalue weighted by atomic mass is 16.5. The number of ether oxygens (including phenoxy) is 1. The third kappa shape index (κ3) is 3.41. The summed E-state index contributed by atoms with van der Waals surface area (Å²) in [5.41, 5.74) is 0. The van der Waals surface area contributed by atoms with Crippen molar-refractivity contribution in [2.75, 3.05) is 11.9 Å². The van der Waals surface area contributed by atoms with E-state index >= 15 is 0 Å². The molecule has 0 aromatic carbocycles. The quantitative estimate of drug-likeness (QED) is 0.831. The predicted octanol–water partition coefficient (Wildman–Crippen LogP) is 1.57. The van der Waals surface area contributed by atoms with Crippen LogP contribution in [0.1, 0.15) is 25.1 Å². The molecule has 1 N–H and O–H groups in total. The minimum atomic E-state index is 0.411. The van der Waals surface area contributed by atoms with E-state index in [1.54, 1.807) is 19.2 Å². The van der Waals surface area contributed by atoms with Crippen LogP contribution in [0.5, 0.6) is 5.88 Å². The first-order valence-electron chi connectivity index (χ1n) is 5.77. The molecule has 0 spiro atoms. The van der Waals surface area contributed by atoms with Crippen LogP contribution >= 0.6 is 0 Å². The van der Waals surface area contributed by atoms with Crippen LogP contribution in [0.2, 0.25) is 0 Å². The molecule has 2 heterocycles. The van der Waals surface area contributed by atoms with Crippen molar-refractivity contribution < 1.29 is 9.26 Å². The number of nitrogens with one attached hydrogen (secondary N) is 1. The molecule has 0 unspecified atom stereocenters. The zero-order valence-corrected chi connectivity index (χ0v) is 10.4. The van der Waals surface area contributed by atoms with Gasteiger partial charge in [-0.1, -0.05) is 12.1 Å². The van der Waals surface area contributed by atoms with Crippen molar-refractivity contribution in [1.29, 1.82) is 0 Å². The molecule has 0 atom stereocenters. The van der Waals surface area contributed by atoms with Crippen molar-refractivity contribution in [2.45, 2.75) is 26.8 Å². The SMILES string of the molecule is CCCOc1ccnc(NCc2noc(C)n2)n1. The highest BCUT2D eigenvalue weighted by molar-refractivity contribution is 5.27. The Morgan fingerprint density at radius 2 is 2.28 bits per heavy atom. The lowest BCUT2D eigenvalue weighted by Crippen LogP contribution is -2.06. The van der Waals surface area contributed by atoms with Gasteiger partial charge in [-0.2, -0.15) is 9.97 Å². The maximum absolute atomic E-state index is 5.41. The highest BCUT2D eigenvalue weighted by Crippen LogP contribution is 2.09. The first kappa shape index (κ1) is 12.3. The smallest absolute Gasteiger partial charge is 0.226 e. The molecule has 2 aromatic rings. The first-order valence-corrected chi connectivity index (χ1v) is 5.77. The molecule has 2 rings (SSSR count). The summed E-state index contributed by atoms with van der Waals surface area (Å²) in [6, 6.07) is 1.72. The Bertz CT molecular complexity index is 500. The van der Waals surface area contributed by atoms with Gasteiger partial charge < -0.3 is 14.6 Å². The van der Waals surface area contributed by atoms with Crippen molar-refractivity contribution in [2.24, 2.45) is 0 Å². The standard InChI is InChI=1S/C11H15N5O2/c1-3-6-17-10-4-5-12-11(15-10)13-7-9-14-8(2)18-16-9/h4-5H,3,6-7H2,1-2H3,(H,12,13,15). The van der Waals surface area contributed by atoms with Crippen LogP contribution < -0.4 is 10.1 Å². The van der Waals surface area contributed by atoms with Crippen LogP contribution in [0, 0.1) is 6.92 Å². The molecular formula is C11H15N5O2. The molecule has 0 fully saturated rings. The van der Waals surface area contributed by atoms with Gasteiger partial charge in [-0.15, -0.1) is 0 Å². The Kier molecular flexibility index (Phi) is 4.06. The van der Waals surface area contributed by atoms with Crippen LogP contribution in [-0.4, -0.2) is 26.7 Å². The van der Waals surface area contributed by atoms with E-state index in [9.17, 15) is 0 Å². The summed E-state index contributed by atoms with van der Waals surface area (Å²) in [5.74, 6) is 2.13. The molecule has 0 saturated carbocycles. The molecule has 0 amide bonds. The second-order valence-corrected chi connectivity index (χ2v) is 3.65. The number of hydrogen-bond donors (Lipinski definition) is 1. The van der Waals surface area contributed by atoms with E-state index in [1.165, 1.54) is 0 Å². The summed E-state index contributed by atoms with van der Waals surface area (Å²) >= 11 is 0. The number of anilines is 1. The van der Waals surface area contributed by atoms with Gasteiger partial charge in [-0.3, -0.25) is 0 Å². The van der Waals surface area contributed by atoms with Crippen LogP contribution in [0.25, 0.3) is 0 Å². The summed E-state index contributed by atoms with van der Waals surface area (Å²) in [6.07, 6.45) is 2.58. The fourth-order valence-corrected chi connectivity index (χ4v) is 1.29. The van der Waals surface area contributed by atoms with E-state index in [0.29, 0.717) is 36.7 Å². The predicted molar refractivity (Wildman–Crippen MR) is 64.2 cm³/mol. The Hall–Kier alpha value is -2.18. The topological polar surface area (TPSA) is 86.0 Å². The molecule has 7 heteroatoms. The van der Waals surface area contributed by atoms with E-state index < -0.39 is 0 Å². The van der Waals surface area contributed by atoms with Gasteiger partial charge >= 0.3 is 0 Å². The minimum absolute atomic E-state index is 0.411. The summed E-state index contributed by atoms with van der Waals surface area (Å²) in [7, 11) is 0. The van der Waals surface area contributed by atoms with Crippen molar-refractivity contribution >= 4 is 5.95 Å². The molecule has 7 nitrogen and oxygen atoms in total. The Morgan fingerprint density at radius 3 is 3.00 bits per heavy atom. The van der Waals surface area contributed by atoms with Gasteiger partial charge in [-0.25, -0.2) is 4.98 Å². The van der Waals surface area contributed by atoms with Crippen molar-refractivity contribution in [3.8, 4) is 5.88 Å². The summed E-state index contributed by atoms with van der Waals surface area (Å²) < 4.78 is 10.3. The van der Waals surface area contributed by atoms with Gasteiger partial charge in [0.05, 0.1) is 13.2 Å². The minimum Gasteiger partial charge on any atom is -0.478 e. The first-order chi connectivity index (χ1) is 8.78. The lowest BCUT2D eigenvalue weighted by atomic mass is 10.5. The lowest BCUT2D eigenvalue weighted by molar-refractivity contribution is 0.305. The van der Waals surface area contributed by atoms with E-state index in [4.69, 9.17) is 9.26 Å². The zero-order valence-electron chi connectivity index (χ0n) is 10.4. The molecule has 0 saturated heterocycles. The van der Waals surface area contributed by atoms with Crippen molar-refractivity contribution in [3.05, 3.63) is 24.0 Å². The largest absolute Gasteiger partial charge is 0.478 e. The van der Waals surface area contributed by atoms with Crippen molar-refractivity contribution in [1.82, 2.24) is 20.1 Å². The monoisotopic (exact) mass is 249 g/mol. The third-order valence-electron chi connectivity index (χ3n) is 2.06. The van der Waals surface area contributed by atoms with Crippen LogP contribution in [0.3, 0.4) is 0 Å². The Labute approximate surface area is 105 Å². The van der Waals surface area contributed by atoms with E-state index in [-0.39, 0.29) is 0 Å². The van der Waals surface area contributed by atoms with E-state index in [2.05, 4.69) is 25.4 Å². The van der Waals surface area contributed by atoms with Gasteiger partial charge in [-0.05, 0) is 6.42 Å². The van der Waals surface area contributed by atoms with Gasteiger partial charge in [0, 0.05) is 19.2 Å². The van der Waals surface area contributed by atoms with Gasteiger partial charge in [0.15, 0.2) is 5.82 Å². The highest BCUT2D eigenvalue weighted by Gasteiger charge is 2.04. The number of aromatic nitrogens is 4.